The zero-order chi connectivity index (χ0) is 14.3. The first-order valence-electron chi connectivity index (χ1n) is 6.02. The molecule has 0 aliphatic rings. The molecule has 0 aliphatic carbocycles. The first kappa shape index (κ1) is 16.6. The van der Waals surface area contributed by atoms with Gasteiger partial charge in [0.15, 0.2) is 0 Å². The highest BCUT2D eigenvalue weighted by Gasteiger charge is 2.22. The summed E-state index contributed by atoms with van der Waals surface area (Å²) in [5.74, 6) is -0.528. The van der Waals surface area contributed by atoms with Crippen LogP contribution in [-0.4, -0.2) is 36.1 Å². The third-order valence-corrected chi connectivity index (χ3v) is 2.08. The van der Waals surface area contributed by atoms with E-state index in [1.807, 2.05) is 20.8 Å². The lowest BCUT2D eigenvalue weighted by Crippen LogP contribution is -2.52. The number of carbonyl (C=O) groups is 2. The Balaban J connectivity index is 4.22. The Morgan fingerprint density at radius 3 is 2.28 bits per heavy atom. The fourth-order valence-electron chi connectivity index (χ4n) is 1.16. The van der Waals surface area contributed by atoms with Crippen LogP contribution in [0.2, 0.25) is 0 Å². The summed E-state index contributed by atoms with van der Waals surface area (Å²) in [4.78, 5) is 23.4. The van der Waals surface area contributed by atoms with Gasteiger partial charge in [0.2, 0.25) is 11.8 Å². The molecule has 18 heavy (non-hydrogen) atoms. The number of carbonyl (C=O) groups excluding carboxylic acids is 2. The Bertz CT molecular complexity index is 308. The van der Waals surface area contributed by atoms with Crippen LogP contribution in [0.25, 0.3) is 0 Å². The van der Waals surface area contributed by atoms with Gasteiger partial charge in [0.25, 0.3) is 0 Å². The molecule has 0 saturated carbocycles. The van der Waals surface area contributed by atoms with E-state index in [-0.39, 0.29) is 17.4 Å². The molecule has 2 N–H and O–H groups in total. The quantitative estimate of drug-likeness (QED) is 0.697. The fourth-order valence-corrected chi connectivity index (χ4v) is 1.16. The van der Waals surface area contributed by atoms with Gasteiger partial charge in [-0.3, -0.25) is 9.59 Å². The topological polar surface area (TPSA) is 67.4 Å². The summed E-state index contributed by atoms with van der Waals surface area (Å²) >= 11 is 0. The van der Waals surface area contributed by atoms with Crippen LogP contribution in [0.5, 0.6) is 0 Å². The number of hydrogen-bond acceptors (Lipinski definition) is 3. The van der Waals surface area contributed by atoms with Gasteiger partial charge in [0, 0.05) is 5.54 Å². The zero-order valence-electron chi connectivity index (χ0n) is 11.9. The lowest BCUT2D eigenvalue weighted by molar-refractivity contribution is -0.135. The van der Waals surface area contributed by atoms with E-state index in [9.17, 15) is 9.59 Å². The largest absolute Gasteiger partial charge is 0.365 e. The molecule has 0 aromatic carbocycles. The number of rotatable bonds is 6. The number of amides is 2. The van der Waals surface area contributed by atoms with Crippen LogP contribution in [0.15, 0.2) is 12.7 Å². The van der Waals surface area contributed by atoms with Crippen LogP contribution in [-0.2, 0) is 14.3 Å². The maximum Gasteiger partial charge on any atom is 0.249 e. The van der Waals surface area contributed by atoms with E-state index >= 15 is 0 Å². The minimum atomic E-state index is -0.604. The van der Waals surface area contributed by atoms with E-state index < -0.39 is 12.1 Å². The molecule has 0 saturated heterocycles. The molecule has 0 aliphatic heterocycles. The van der Waals surface area contributed by atoms with E-state index in [2.05, 4.69) is 17.2 Å². The second-order valence-electron chi connectivity index (χ2n) is 5.23. The molecule has 0 rings (SSSR count). The minimum Gasteiger partial charge on any atom is -0.365 e. The van der Waals surface area contributed by atoms with Gasteiger partial charge in [0.05, 0.1) is 6.61 Å². The average Bonchev–Trinajstić information content (AvgIpc) is 2.23. The van der Waals surface area contributed by atoms with Gasteiger partial charge in [-0.25, -0.2) is 0 Å². The Kier molecular flexibility index (Phi) is 6.62. The predicted molar refractivity (Wildman–Crippen MR) is 71.1 cm³/mol. The van der Waals surface area contributed by atoms with Crippen molar-refractivity contribution < 1.29 is 14.3 Å². The highest BCUT2D eigenvalue weighted by atomic mass is 16.5. The van der Waals surface area contributed by atoms with Gasteiger partial charge in [-0.05, 0) is 34.6 Å². The summed E-state index contributed by atoms with van der Waals surface area (Å²) < 4.78 is 5.17. The Morgan fingerprint density at radius 1 is 1.28 bits per heavy atom. The highest BCUT2D eigenvalue weighted by Crippen LogP contribution is 2.00. The number of nitrogens with one attached hydrogen (secondary N) is 2. The van der Waals surface area contributed by atoms with Crippen LogP contribution < -0.4 is 10.6 Å². The molecule has 0 aromatic rings. The van der Waals surface area contributed by atoms with Crippen molar-refractivity contribution in [2.24, 2.45) is 0 Å². The molecule has 5 heteroatoms. The molecule has 0 aromatic heterocycles. The maximum atomic E-state index is 11.7. The molecule has 0 spiro atoms. The molecule has 0 fully saturated rings. The summed E-state index contributed by atoms with van der Waals surface area (Å²) in [6.45, 7) is 12.7. The first-order valence-corrected chi connectivity index (χ1v) is 6.02. The minimum absolute atomic E-state index is 0.216. The smallest absolute Gasteiger partial charge is 0.249 e. The number of ether oxygens (including phenoxy) is 1. The average molecular weight is 256 g/mol. The van der Waals surface area contributed by atoms with Gasteiger partial charge < -0.3 is 15.4 Å². The van der Waals surface area contributed by atoms with E-state index in [1.54, 1.807) is 19.9 Å². The van der Waals surface area contributed by atoms with Crippen molar-refractivity contribution in [3.8, 4) is 0 Å². The molecule has 104 valence electrons. The predicted octanol–water partition coefficient (Wildman–Crippen LogP) is 0.997. The third kappa shape index (κ3) is 7.06. The van der Waals surface area contributed by atoms with Crippen LogP contribution in [0.4, 0.5) is 0 Å². The Morgan fingerprint density at radius 2 is 1.83 bits per heavy atom. The first-order chi connectivity index (χ1) is 8.17. The summed E-state index contributed by atoms with van der Waals surface area (Å²) in [5.41, 5.74) is -0.318. The highest BCUT2D eigenvalue weighted by molar-refractivity contribution is 5.89. The standard InChI is InChI=1S/C13H24N2O3/c1-7-8-18-10(3)12(17)14-9(2)11(16)15-13(4,5)6/h7,9-10H,1,8H2,2-6H3,(H,14,17)(H,15,16). The van der Waals surface area contributed by atoms with Gasteiger partial charge in [0.1, 0.15) is 12.1 Å². The van der Waals surface area contributed by atoms with Crippen molar-refractivity contribution in [1.29, 1.82) is 0 Å². The Hall–Kier alpha value is -1.36. The summed E-state index contributed by atoms with van der Waals surface area (Å²) in [6, 6.07) is -0.591. The monoisotopic (exact) mass is 256 g/mol. The second-order valence-corrected chi connectivity index (χ2v) is 5.23. The third-order valence-electron chi connectivity index (χ3n) is 2.08. The zero-order valence-corrected chi connectivity index (χ0v) is 11.9. The molecule has 2 amide bonds. The van der Waals surface area contributed by atoms with Crippen LogP contribution >= 0.6 is 0 Å². The van der Waals surface area contributed by atoms with Gasteiger partial charge in [-0.1, -0.05) is 6.08 Å². The second kappa shape index (κ2) is 7.16. The van der Waals surface area contributed by atoms with Gasteiger partial charge >= 0.3 is 0 Å². The molecule has 0 radical (unpaired) electrons. The summed E-state index contributed by atoms with van der Waals surface area (Å²) in [7, 11) is 0. The SMILES string of the molecule is C=CCOC(C)C(=O)NC(C)C(=O)NC(C)(C)C. The van der Waals surface area contributed by atoms with E-state index in [0.717, 1.165) is 0 Å². The molecule has 2 atom stereocenters. The lowest BCUT2D eigenvalue weighted by Gasteiger charge is -2.24. The summed E-state index contributed by atoms with van der Waals surface area (Å²) in [6.07, 6.45) is 0.965. The molecular weight excluding hydrogens is 232 g/mol. The lowest BCUT2D eigenvalue weighted by atomic mass is 10.1. The van der Waals surface area contributed by atoms with Crippen molar-refractivity contribution >= 4 is 11.8 Å². The number of hydrogen-bond donors (Lipinski definition) is 2. The van der Waals surface area contributed by atoms with Crippen molar-refractivity contribution in [3.05, 3.63) is 12.7 Å². The Labute approximate surface area is 109 Å². The van der Waals surface area contributed by atoms with E-state index in [0.29, 0.717) is 6.61 Å². The van der Waals surface area contributed by atoms with Crippen LogP contribution in [0.1, 0.15) is 34.6 Å². The van der Waals surface area contributed by atoms with E-state index in [4.69, 9.17) is 4.74 Å². The van der Waals surface area contributed by atoms with Crippen molar-refractivity contribution in [2.75, 3.05) is 6.61 Å². The van der Waals surface area contributed by atoms with Gasteiger partial charge in [-0.2, -0.15) is 0 Å². The van der Waals surface area contributed by atoms with Crippen molar-refractivity contribution in [3.63, 3.8) is 0 Å². The van der Waals surface area contributed by atoms with Crippen LogP contribution in [0, 0.1) is 0 Å². The maximum absolute atomic E-state index is 11.7. The van der Waals surface area contributed by atoms with Crippen LogP contribution in [0.3, 0.4) is 0 Å². The van der Waals surface area contributed by atoms with Crippen molar-refractivity contribution in [1.82, 2.24) is 10.6 Å². The van der Waals surface area contributed by atoms with E-state index in [1.165, 1.54) is 0 Å². The van der Waals surface area contributed by atoms with Crippen molar-refractivity contribution in [2.45, 2.75) is 52.3 Å². The molecule has 2 unspecified atom stereocenters. The molecule has 0 bridgehead atoms. The molecule has 5 nitrogen and oxygen atoms in total. The van der Waals surface area contributed by atoms with Gasteiger partial charge in [-0.15, -0.1) is 6.58 Å². The molecular formula is C13H24N2O3. The molecule has 0 heterocycles. The normalized spacial score (nSPS) is 14.5. The summed E-state index contributed by atoms with van der Waals surface area (Å²) in [5, 5.41) is 5.40. The fraction of sp³-hybridized carbons (Fsp3) is 0.692.